The summed E-state index contributed by atoms with van der Waals surface area (Å²) in [5.74, 6) is 0.0328. The molecule has 1 heterocycles. The van der Waals surface area contributed by atoms with Crippen LogP contribution in [0.1, 0.15) is 52.0 Å². The maximum Gasteiger partial charge on any atom is 0.223 e. The second kappa shape index (κ2) is 9.16. The second-order valence-electron chi connectivity index (χ2n) is 7.32. The molecule has 0 atom stereocenters. The Morgan fingerprint density at radius 3 is 2.07 bits per heavy atom. The summed E-state index contributed by atoms with van der Waals surface area (Å²) in [7, 11) is 0. The Bertz CT molecular complexity index is 850. The van der Waals surface area contributed by atoms with E-state index in [2.05, 4.69) is 0 Å². The van der Waals surface area contributed by atoms with Crippen molar-refractivity contribution < 1.29 is 14.4 Å². The van der Waals surface area contributed by atoms with Gasteiger partial charge in [0.2, 0.25) is 5.91 Å². The fraction of sp³-hybridized carbons (Fsp3) is 0.348. The minimum Gasteiger partial charge on any atom is -0.343 e. The summed E-state index contributed by atoms with van der Waals surface area (Å²) < 4.78 is 0. The molecule has 0 aliphatic carbocycles. The molecule has 0 radical (unpaired) electrons. The standard InChI is InChI=1S/C23H24ClNO3/c1-16-2-4-18(5-3-16)23(28)19-12-14-25(15-13-19)22(27)11-10-21(26)17-6-8-20(24)9-7-17/h2-9,19H,10-15H2,1H3. The number of halogens is 1. The first-order valence-corrected chi connectivity index (χ1v) is 9.99. The third kappa shape index (κ3) is 5.08. The van der Waals surface area contributed by atoms with Gasteiger partial charge in [-0.25, -0.2) is 0 Å². The van der Waals surface area contributed by atoms with E-state index in [9.17, 15) is 14.4 Å². The molecule has 0 bridgehead atoms. The molecule has 1 saturated heterocycles. The number of ketones is 2. The molecule has 1 amide bonds. The summed E-state index contributed by atoms with van der Waals surface area (Å²) in [6, 6.07) is 14.3. The summed E-state index contributed by atoms with van der Waals surface area (Å²) in [6.07, 6.45) is 1.72. The number of piperidine rings is 1. The van der Waals surface area contributed by atoms with Gasteiger partial charge in [0, 0.05) is 48.0 Å². The van der Waals surface area contributed by atoms with Crippen LogP contribution in [-0.4, -0.2) is 35.5 Å². The number of amides is 1. The molecule has 0 saturated carbocycles. The zero-order valence-corrected chi connectivity index (χ0v) is 16.7. The van der Waals surface area contributed by atoms with Crippen LogP contribution in [0.5, 0.6) is 0 Å². The normalized spacial score (nSPS) is 14.7. The first kappa shape index (κ1) is 20.3. The third-order valence-corrected chi connectivity index (χ3v) is 5.54. The summed E-state index contributed by atoms with van der Waals surface area (Å²) in [4.78, 5) is 39.0. The quantitative estimate of drug-likeness (QED) is 0.662. The summed E-state index contributed by atoms with van der Waals surface area (Å²) >= 11 is 5.83. The Morgan fingerprint density at radius 2 is 1.46 bits per heavy atom. The van der Waals surface area contributed by atoms with E-state index < -0.39 is 0 Å². The topological polar surface area (TPSA) is 54.5 Å². The lowest BCUT2D eigenvalue weighted by atomic mass is 9.88. The SMILES string of the molecule is Cc1ccc(C(=O)C2CCN(C(=O)CCC(=O)c3ccc(Cl)cc3)CC2)cc1. The Hall–Kier alpha value is -2.46. The highest BCUT2D eigenvalue weighted by molar-refractivity contribution is 6.30. The van der Waals surface area contributed by atoms with Crippen LogP contribution in [0.3, 0.4) is 0 Å². The highest BCUT2D eigenvalue weighted by Gasteiger charge is 2.28. The van der Waals surface area contributed by atoms with Crippen molar-refractivity contribution in [2.75, 3.05) is 13.1 Å². The number of benzene rings is 2. The number of carbonyl (C=O) groups excluding carboxylic acids is 3. The van der Waals surface area contributed by atoms with E-state index in [0.717, 1.165) is 11.1 Å². The number of nitrogens with zero attached hydrogens (tertiary/aromatic N) is 1. The molecule has 146 valence electrons. The fourth-order valence-electron chi connectivity index (χ4n) is 3.50. The maximum absolute atomic E-state index is 12.6. The molecular weight excluding hydrogens is 374 g/mol. The van der Waals surface area contributed by atoms with Gasteiger partial charge in [-0.05, 0) is 44.0 Å². The molecule has 1 fully saturated rings. The largest absolute Gasteiger partial charge is 0.343 e. The first-order valence-electron chi connectivity index (χ1n) is 9.61. The van der Waals surface area contributed by atoms with Crippen LogP contribution in [0, 0.1) is 12.8 Å². The van der Waals surface area contributed by atoms with Crippen LogP contribution in [0.25, 0.3) is 0 Å². The molecule has 0 N–H and O–H groups in total. The minimum absolute atomic E-state index is 0.0245. The molecule has 28 heavy (non-hydrogen) atoms. The number of rotatable bonds is 6. The van der Waals surface area contributed by atoms with Crippen molar-refractivity contribution in [3.05, 3.63) is 70.2 Å². The van der Waals surface area contributed by atoms with E-state index in [1.165, 1.54) is 0 Å². The molecular formula is C23H24ClNO3. The van der Waals surface area contributed by atoms with E-state index in [1.54, 1.807) is 29.2 Å². The average molecular weight is 398 g/mol. The molecule has 1 aliphatic rings. The molecule has 0 aromatic heterocycles. The molecule has 4 nitrogen and oxygen atoms in total. The predicted octanol–water partition coefficient (Wildman–Crippen LogP) is 4.73. The smallest absolute Gasteiger partial charge is 0.223 e. The van der Waals surface area contributed by atoms with E-state index in [1.807, 2.05) is 31.2 Å². The van der Waals surface area contributed by atoms with Crippen molar-refractivity contribution in [3.8, 4) is 0 Å². The highest BCUT2D eigenvalue weighted by Crippen LogP contribution is 2.23. The third-order valence-electron chi connectivity index (χ3n) is 5.29. The number of Topliss-reactive ketones (excluding diaryl/α,β-unsaturated/α-hetero) is 2. The van der Waals surface area contributed by atoms with Gasteiger partial charge in [0.25, 0.3) is 0 Å². The molecule has 5 heteroatoms. The van der Waals surface area contributed by atoms with Crippen molar-refractivity contribution in [2.24, 2.45) is 5.92 Å². The van der Waals surface area contributed by atoms with Crippen LogP contribution < -0.4 is 0 Å². The lowest BCUT2D eigenvalue weighted by Gasteiger charge is -2.31. The predicted molar refractivity (Wildman–Crippen MR) is 110 cm³/mol. The Labute approximate surface area is 170 Å². The van der Waals surface area contributed by atoms with Crippen LogP contribution in [-0.2, 0) is 4.79 Å². The Morgan fingerprint density at radius 1 is 0.893 bits per heavy atom. The van der Waals surface area contributed by atoms with Crippen LogP contribution in [0.2, 0.25) is 5.02 Å². The van der Waals surface area contributed by atoms with Crippen molar-refractivity contribution in [1.82, 2.24) is 4.90 Å². The monoisotopic (exact) mass is 397 g/mol. The Kier molecular flexibility index (Phi) is 6.63. The minimum atomic E-state index is -0.0607. The second-order valence-corrected chi connectivity index (χ2v) is 7.75. The maximum atomic E-state index is 12.6. The van der Waals surface area contributed by atoms with Crippen LogP contribution >= 0.6 is 11.6 Å². The highest BCUT2D eigenvalue weighted by atomic mass is 35.5. The summed E-state index contributed by atoms with van der Waals surface area (Å²) in [5, 5.41) is 0.579. The summed E-state index contributed by atoms with van der Waals surface area (Å²) in [6.45, 7) is 3.13. The number of hydrogen-bond donors (Lipinski definition) is 0. The van der Waals surface area contributed by atoms with Crippen molar-refractivity contribution >= 4 is 29.1 Å². The molecule has 0 spiro atoms. The van der Waals surface area contributed by atoms with Gasteiger partial charge in [-0.15, -0.1) is 0 Å². The van der Waals surface area contributed by atoms with Crippen molar-refractivity contribution in [2.45, 2.75) is 32.6 Å². The van der Waals surface area contributed by atoms with Crippen molar-refractivity contribution in [1.29, 1.82) is 0 Å². The van der Waals surface area contributed by atoms with Gasteiger partial charge in [0.05, 0.1) is 0 Å². The van der Waals surface area contributed by atoms with Gasteiger partial charge in [0.15, 0.2) is 11.6 Å². The molecule has 1 aliphatic heterocycles. The van der Waals surface area contributed by atoms with Crippen LogP contribution in [0.15, 0.2) is 48.5 Å². The lowest BCUT2D eigenvalue weighted by molar-refractivity contribution is -0.132. The molecule has 2 aromatic rings. The number of aryl methyl sites for hydroxylation is 1. The zero-order valence-electron chi connectivity index (χ0n) is 16.0. The number of carbonyl (C=O) groups is 3. The number of hydrogen-bond acceptors (Lipinski definition) is 3. The van der Waals surface area contributed by atoms with E-state index in [-0.39, 0.29) is 36.2 Å². The van der Waals surface area contributed by atoms with Gasteiger partial charge < -0.3 is 4.90 Å². The van der Waals surface area contributed by atoms with E-state index >= 15 is 0 Å². The van der Waals surface area contributed by atoms with Gasteiger partial charge in [-0.1, -0.05) is 41.4 Å². The first-order chi connectivity index (χ1) is 13.4. The number of likely N-dealkylation sites (tertiary alicyclic amines) is 1. The van der Waals surface area contributed by atoms with Gasteiger partial charge in [-0.2, -0.15) is 0 Å². The van der Waals surface area contributed by atoms with Gasteiger partial charge >= 0.3 is 0 Å². The van der Waals surface area contributed by atoms with Crippen molar-refractivity contribution in [3.63, 3.8) is 0 Å². The zero-order chi connectivity index (χ0) is 20.1. The molecule has 2 aromatic carbocycles. The molecule has 0 unspecified atom stereocenters. The fourth-order valence-corrected chi connectivity index (χ4v) is 3.63. The van der Waals surface area contributed by atoms with Gasteiger partial charge in [-0.3, -0.25) is 14.4 Å². The van der Waals surface area contributed by atoms with E-state index in [0.29, 0.717) is 36.5 Å². The Balaban J connectivity index is 1.47. The van der Waals surface area contributed by atoms with Gasteiger partial charge in [0.1, 0.15) is 0 Å². The van der Waals surface area contributed by atoms with Crippen LogP contribution in [0.4, 0.5) is 0 Å². The van der Waals surface area contributed by atoms with E-state index in [4.69, 9.17) is 11.6 Å². The average Bonchev–Trinajstić information content (AvgIpc) is 2.72. The molecule has 3 rings (SSSR count). The summed E-state index contributed by atoms with van der Waals surface area (Å²) in [5.41, 5.74) is 2.44. The lowest BCUT2D eigenvalue weighted by Crippen LogP contribution is -2.40.